The maximum Gasteiger partial charge on any atom is 2.00 e. The predicted octanol–water partition coefficient (Wildman–Crippen LogP) is -5.82. The normalized spacial score (nSPS) is 4.00. The van der Waals surface area contributed by atoms with Crippen molar-refractivity contribution in [2.75, 3.05) is 0 Å². The van der Waals surface area contributed by atoms with Gasteiger partial charge in [0.1, 0.15) is 0 Å². The van der Waals surface area contributed by atoms with E-state index in [1.54, 1.807) is 0 Å². The van der Waals surface area contributed by atoms with E-state index in [0.29, 0.717) is 0 Å². The van der Waals surface area contributed by atoms with E-state index < -0.39 is 6.16 Å². The third-order valence-corrected chi connectivity index (χ3v) is 0. The molecule has 0 fully saturated rings. The molecule has 5 heteroatoms. The van der Waals surface area contributed by atoms with Crippen molar-refractivity contribution in [3.05, 3.63) is 0 Å². The van der Waals surface area contributed by atoms with Crippen molar-refractivity contribution in [1.29, 1.82) is 0 Å². The fourth-order valence-electron chi connectivity index (χ4n) is 0. The number of hydrogen-bond acceptors (Lipinski definition) is 3. The van der Waals surface area contributed by atoms with E-state index in [0.717, 1.165) is 0 Å². The van der Waals surface area contributed by atoms with Crippen LogP contribution in [0, 0.1) is 0 Å². The maximum absolute atomic E-state index is 8.33. The molecule has 0 unspecified atom stereocenters. The first-order valence-electron chi connectivity index (χ1n) is 0.612. The summed E-state index contributed by atoms with van der Waals surface area (Å²) in [5, 5.41) is 16.7. The van der Waals surface area contributed by atoms with Gasteiger partial charge < -0.3 is 15.0 Å². The molecule has 0 aliphatic heterocycles. The molecule has 0 bridgehead atoms. The van der Waals surface area contributed by atoms with Crippen molar-refractivity contribution in [3.8, 4) is 0 Å². The van der Waals surface area contributed by atoms with E-state index in [9.17, 15) is 0 Å². The molecule has 0 radical (unpaired) electrons. The van der Waals surface area contributed by atoms with Crippen LogP contribution in [0.3, 0.4) is 0 Å². The second-order valence-corrected chi connectivity index (χ2v) is 0.250. The first-order chi connectivity index (χ1) is 1.73. The summed E-state index contributed by atoms with van der Waals surface area (Å²) in [5.41, 5.74) is 0. The van der Waals surface area contributed by atoms with Crippen molar-refractivity contribution < 1.29 is 44.6 Å². The van der Waals surface area contributed by atoms with Crippen molar-refractivity contribution >= 4 is 55.0 Å². The van der Waals surface area contributed by atoms with Crippen molar-refractivity contribution in [1.82, 2.24) is 0 Å². The van der Waals surface area contributed by atoms with Gasteiger partial charge in [0.15, 0.2) is 0 Å². The van der Waals surface area contributed by atoms with Crippen LogP contribution in [0.5, 0.6) is 0 Å². The Morgan fingerprint density at radius 1 is 1.33 bits per heavy atom. The van der Waals surface area contributed by atoms with Gasteiger partial charge in [-0.05, 0) is 6.16 Å². The average Bonchev–Trinajstić information content (AvgIpc) is 0.811. The Labute approximate surface area is 97.5 Å². The zero-order valence-corrected chi connectivity index (χ0v) is 9.87. The number of rotatable bonds is 0. The molecule has 0 aromatic heterocycles. The number of hydrogen-bond donors (Lipinski definition) is 0. The average molecular weight is 220 g/mol. The fraction of sp³-hybridized carbons (Fsp3) is 0. The van der Waals surface area contributed by atoms with Crippen LogP contribution in [0.4, 0.5) is 4.79 Å². The monoisotopic (exact) mass is 221 g/mol. The largest absolute Gasteiger partial charge is 2.00 e. The standard InChI is InChI=1S/CH2O3.Ba.Na/c2-1(3)4;;/h(H2,2,3,4);;/q;+2;+1/p-2. The molecule has 0 spiro atoms. The second-order valence-electron chi connectivity index (χ2n) is 0.250. The second kappa shape index (κ2) is 9.96. The van der Waals surface area contributed by atoms with Gasteiger partial charge in [-0.1, -0.05) is 0 Å². The van der Waals surface area contributed by atoms with E-state index in [2.05, 4.69) is 0 Å². The molecule has 0 saturated heterocycles. The van der Waals surface area contributed by atoms with Gasteiger partial charge in [-0.3, -0.25) is 0 Å². The summed E-state index contributed by atoms with van der Waals surface area (Å²) in [6.45, 7) is 0. The van der Waals surface area contributed by atoms with Crippen LogP contribution in [-0.2, 0) is 0 Å². The quantitative estimate of drug-likeness (QED) is 0.382. The molecule has 0 N–H and O–H groups in total. The summed E-state index contributed by atoms with van der Waals surface area (Å²) in [4.78, 5) is 8.33. The number of carbonyl (C=O) groups excluding carboxylic acids is 1. The molecule has 0 atom stereocenters. The van der Waals surface area contributed by atoms with E-state index in [4.69, 9.17) is 15.0 Å². The molecule has 0 heterocycles. The first-order valence-corrected chi connectivity index (χ1v) is 0.612. The molecule has 3 nitrogen and oxygen atoms in total. The van der Waals surface area contributed by atoms with Crippen molar-refractivity contribution in [2.45, 2.75) is 0 Å². The Morgan fingerprint density at radius 2 is 1.33 bits per heavy atom. The van der Waals surface area contributed by atoms with Crippen LogP contribution in [0.2, 0.25) is 0 Å². The van der Waals surface area contributed by atoms with Crippen molar-refractivity contribution in [2.24, 2.45) is 0 Å². The molecular weight excluding hydrogens is 220 g/mol. The molecule has 0 aromatic carbocycles. The van der Waals surface area contributed by atoms with Gasteiger partial charge in [0, 0.05) is 0 Å². The van der Waals surface area contributed by atoms with Crippen LogP contribution >= 0.6 is 0 Å². The van der Waals surface area contributed by atoms with Gasteiger partial charge in [-0.15, -0.1) is 0 Å². The summed E-state index contributed by atoms with van der Waals surface area (Å²) in [6.07, 6.45) is -2.33. The van der Waals surface area contributed by atoms with Crippen LogP contribution < -0.4 is 39.8 Å². The van der Waals surface area contributed by atoms with Crippen LogP contribution in [-0.4, -0.2) is 55.0 Å². The SMILES string of the molecule is O=C([O-])[O-].[Ba+2].[Na+]. The fourth-order valence-corrected chi connectivity index (χ4v) is 0. The molecule has 0 aromatic rings. The Hall–Kier alpha value is 1.84. The number of carbonyl (C=O) groups is 1. The van der Waals surface area contributed by atoms with Crippen LogP contribution in [0.25, 0.3) is 0 Å². The predicted molar refractivity (Wildman–Crippen MR) is 11.1 cm³/mol. The molecule has 0 aliphatic carbocycles. The minimum absolute atomic E-state index is 0. The first kappa shape index (κ1) is 15.7. The summed E-state index contributed by atoms with van der Waals surface area (Å²) >= 11 is 0. The van der Waals surface area contributed by atoms with Gasteiger partial charge in [0.25, 0.3) is 0 Å². The Morgan fingerprint density at radius 3 is 1.33 bits per heavy atom. The summed E-state index contributed by atoms with van der Waals surface area (Å²) in [7, 11) is 0. The third kappa shape index (κ3) is 40.4. The van der Waals surface area contributed by atoms with Crippen molar-refractivity contribution in [3.63, 3.8) is 0 Å². The molecule has 0 amide bonds. The van der Waals surface area contributed by atoms with E-state index in [-0.39, 0.29) is 78.4 Å². The molecular formula is CBaNaO3+. The van der Waals surface area contributed by atoms with E-state index in [1.807, 2.05) is 0 Å². The molecule has 0 saturated carbocycles. The van der Waals surface area contributed by atoms with E-state index in [1.165, 1.54) is 0 Å². The Kier molecular flexibility index (Phi) is 26.0. The zero-order valence-electron chi connectivity index (χ0n) is 3.43. The third-order valence-electron chi connectivity index (χ3n) is 0. The topological polar surface area (TPSA) is 63.2 Å². The molecule has 0 rings (SSSR count). The Bertz CT molecular complexity index is 33.8. The summed E-state index contributed by atoms with van der Waals surface area (Å²) in [5.74, 6) is 0. The molecule has 0 aliphatic rings. The van der Waals surface area contributed by atoms with E-state index >= 15 is 0 Å². The summed E-state index contributed by atoms with van der Waals surface area (Å²) in [6, 6.07) is 0. The van der Waals surface area contributed by atoms with Crippen LogP contribution in [0.1, 0.15) is 0 Å². The minimum atomic E-state index is -2.33. The Balaban J connectivity index is -0.0000000450. The maximum atomic E-state index is 8.33. The van der Waals surface area contributed by atoms with Gasteiger partial charge in [0.05, 0.1) is 0 Å². The molecule has 24 valence electrons. The number of carboxylic acid groups (broad SMARTS) is 2. The molecule has 6 heavy (non-hydrogen) atoms. The van der Waals surface area contributed by atoms with Gasteiger partial charge in [0.2, 0.25) is 0 Å². The minimum Gasteiger partial charge on any atom is -0.652 e. The van der Waals surface area contributed by atoms with Gasteiger partial charge in [-0.25, -0.2) is 0 Å². The van der Waals surface area contributed by atoms with Gasteiger partial charge in [-0.2, -0.15) is 0 Å². The zero-order chi connectivity index (χ0) is 3.58. The van der Waals surface area contributed by atoms with Gasteiger partial charge >= 0.3 is 78.4 Å². The van der Waals surface area contributed by atoms with Crippen LogP contribution in [0.15, 0.2) is 0 Å². The summed E-state index contributed by atoms with van der Waals surface area (Å²) < 4.78 is 0. The smallest absolute Gasteiger partial charge is 0.652 e.